The zero-order chi connectivity index (χ0) is 12.3. The summed E-state index contributed by atoms with van der Waals surface area (Å²) in [5.74, 6) is 0.439. The van der Waals surface area contributed by atoms with Crippen LogP contribution in [0.4, 0.5) is 0 Å². The second kappa shape index (κ2) is 7.02. The number of carbonyl (C=O) groups is 1. The van der Waals surface area contributed by atoms with E-state index < -0.39 is 5.97 Å². The van der Waals surface area contributed by atoms with Gasteiger partial charge in [0.05, 0.1) is 0 Å². The van der Waals surface area contributed by atoms with Crippen LogP contribution < -0.4 is 44.1 Å². The third-order valence-electron chi connectivity index (χ3n) is 2.81. The first-order chi connectivity index (χ1) is 8.20. The topological polar surface area (TPSA) is 58.6 Å². The fraction of sp³-hybridized carbons (Fsp3) is 0.462. The van der Waals surface area contributed by atoms with Gasteiger partial charge in [0.2, 0.25) is 6.79 Å². The molecule has 0 saturated carbocycles. The molecule has 0 bridgehead atoms. The van der Waals surface area contributed by atoms with Crippen molar-refractivity contribution in [2.45, 2.75) is 32.6 Å². The number of carboxylic acid groups (broad SMARTS) is 1. The Balaban J connectivity index is 0.00000162. The van der Waals surface area contributed by atoms with E-state index in [0.29, 0.717) is 12.2 Å². The van der Waals surface area contributed by atoms with Crippen molar-refractivity contribution < 1.29 is 48.9 Å². The van der Waals surface area contributed by atoms with Crippen LogP contribution in [0.1, 0.15) is 30.9 Å². The Morgan fingerprint density at radius 2 is 1.78 bits per heavy atom. The number of ether oxygens (including phenoxy) is 2. The van der Waals surface area contributed by atoms with Gasteiger partial charge in [-0.15, -0.1) is 0 Å². The molecular weight excluding hydrogens is 243 g/mol. The van der Waals surface area contributed by atoms with Gasteiger partial charge in [0, 0.05) is 5.97 Å². The van der Waals surface area contributed by atoms with Gasteiger partial charge in [-0.25, -0.2) is 0 Å². The summed E-state index contributed by atoms with van der Waals surface area (Å²) in [4.78, 5) is 10.5. The molecule has 92 valence electrons. The summed E-state index contributed by atoms with van der Waals surface area (Å²) in [5, 5.41) is 10.5. The standard InChI is InChI=1S/C13H16O4.Na/c1-2-3-9-6-11-12(17-8-16-11)7-10(9)4-5-13(14)15;/h6-7H,2-5,8H2,1H3,(H,14,15);/q;+1/p-1. The minimum Gasteiger partial charge on any atom is -0.550 e. The maximum atomic E-state index is 10.5. The molecule has 0 saturated heterocycles. The molecule has 1 aromatic carbocycles. The van der Waals surface area contributed by atoms with Crippen LogP contribution in [0.2, 0.25) is 0 Å². The normalized spacial score (nSPS) is 12.1. The predicted molar refractivity (Wildman–Crippen MR) is 59.9 cm³/mol. The second-order valence-corrected chi connectivity index (χ2v) is 4.10. The Labute approximate surface area is 129 Å². The first kappa shape index (κ1) is 15.3. The molecule has 1 aromatic rings. The van der Waals surface area contributed by atoms with E-state index in [9.17, 15) is 9.90 Å². The van der Waals surface area contributed by atoms with Crippen LogP contribution in [-0.4, -0.2) is 12.8 Å². The van der Waals surface area contributed by atoms with E-state index in [4.69, 9.17) is 9.47 Å². The predicted octanol–water partition coefficient (Wildman–Crippen LogP) is -1.95. The SMILES string of the molecule is CCCc1cc2c(cc1CCC(=O)[O-])OCO2.[Na+]. The van der Waals surface area contributed by atoms with Crippen molar-refractivity contribution in [3.8, 4) is 11.5 Å². The number of carbonyl (C=O) groups excluding carboxylic acids is 1. The summed E-state index contributed by atoms with van der Waals surface area (Å²) in [6, 6.07) is 3.84. The molecule has 4 nitrogen and oxygen atoms in total. The Morgan fingerprint density at radius 1 is 1.22 bits per heavy atom. The number of hydrogen-bond donors (Lipinski definition) is 0. The van der Waals surface area contributed by atoms with Crippen molar-refractivity contribution in [2.75, 3.05) is 6.79 Å². The molecule has 18 heavy (non-hydrogen) atoms. The number of carboxylic acids is 1. The summed E-state index contributed by atoms with van der Waals surface area (Å²) in [6.07, 6.45) is 2.45. The van der Waals surface area contributed by atoms with Gasteiger partial charge in [-0.2, -0.15) is 0 Å². The summed E-state index contributed by atoms with van der Waals surface area (Å²) in [7, 11) is 0. The van der Waals surface area contributed by atoms with Crippen molar-refractivity contribution in [2.24, 2.45) is 0 Å². The largest absolute Gasteiger partial charge is 1.00 e. The average Bonchev–Trinajstić information content (AvgIpc) is 2.73. The summed E-state index contributed by atoms with van der Waals surface area (Å²) < 4.78 is 10.6. The molecule has 2 rings (SSSR count). The smallest absolute Gasteiger partial charge is 0.550 e. The average molecular weight is 258 g/mol. The van der Waals surface area contributed by atoms with Crippen LogP contribution in [0.3, 0.4) is 0 Å². The Hall–Kier alpha value is -0.710. The molecule has 5 heteroatoms. The molecular formula is C13H15NaO4. The minimum atomic E-state index is -1.02. The molecule has 1 aliphatic heterocycles. The van der Waals surface area contributed by atoms with E-state index >= 15 is 0 Å². The molecule has 0 aromatic heterocycles. The van der Waals surface area contributed by atoms with Gasteiger partial charge in [-0.3, -0.25) is 0 Å². The van der Waals surface area contributed by atoms with Gasteiger partial charge in [0.15, 0.2) is 11.5 Å². The second-order valence-electron chi connectivity index (χ2n) is 4.10. The van der Waals surface area contributed by atoms with Crippen molar-refractivity contribution in [1.29, 1.82) is 0 Å². The molecule has 0 atom stereocenters. The van der Waals surface area contributed by atoms with Crippen LogP contribution in [-0.2, 0) is 17.6 Å². The Morgan fingerprint density at radius 3 is 2.28 bits per heavy atom. The maximum Gasteiger partial charge on any atom is 1.00 e. The van der Waals surface area contributed by atoms with Crippen molar-refractivity contribution in [3.05, 3.63) is 23.3 Å². The van der Waals surface area contributed by atoms with Crippen LogP contribution in [0.25, 0.3) is 0 Å². The number of hydrogen-bond acceptors (Lipinski definition) is 4. The van der Waals surface area contributed by atoms with Gasteiger partial charge in [0.25, 0.3) is 0 Å². The Bertz CT molecular complexity index is 431. The van der Waals surface area contributed by atoms with Gasteiger partial charge in [-0.05, 0) is 42.5 Å². The monoisotopic (exact) mass is 258 g/mol. The third kappa shape index (κ3) is 3.64. The summed E-state index contributed by atoms with van der Waals surface area (Å²) in [5.41, 5.74) is 2.15. The van der Waals surface area contributed by atoms with E-state index in [1.165, 1.54) is 0 Å². The number of benzene rings is 1. The molecule has 0 fully saturated rings. The molecule has 0 radical (unpaired) electrons. The van der Waals surface area contributed by atoms with E-state index in [1.54, 1.807) is 0 Å². The number of aliphatic carboxylic acids is 1. The van der Waals surface area contributed by atoms with E-state index in [0.717, 1.165) is 29.7 Å². The van der Waals surface area contributed by atoms with Gasteiger partial charge in [0.1, 0.15) is 0 Å². The summed E-state index contributed by atoms with van der Waals surface area (Å²) >= 11 is 0. The van der Waals surface area contributed by atoms with Crippen LogP contribution in [0.5, 0.6) is 11.5 Å². The molecule has 0 N–H and O–H groups in total. The quantitative estimate of drug-likeness (QED) is 0.576. The fourth-order valence-electron chi connectivity index (χ4n) is 2.00. The Kier molecular flexibility index (Phi) is 5.99. The molecule has 1 heterocycles. The first-order valence-electron chi connectivity index (χ1n) is 5.82. The molecule has 0 amide bonds. The van der Waals surface area contributed by atoms with Gasteiger partial charge < -0.3 is 19.4 Å². The van der Waals surface area contributed by atoms with E-state index in [-0.39, 0.29) is 42.8 Å². The minimum absolute atomic E-state index is 0. The fourth-order valence-corrected chi connectivity index (χ4v) is 2.00. The first-order valence-corrected chi connectivity index (χ1v) is 5.82. The van der Waals surface area contributed by atoms with Crippen LogP contribution in [0, 0.1) is 0 Å². The molecule has 0 spiro atoms. The van der Waals surface area contributed by atoms with Gasteiger partial charge >= 0.3 is 29.6 Å². The zero-order valence-corrected chi connectivity index (χ0v) is 12.8. The van der Waals surface area contributed by atoms with E-state index in [1.807, 2.05) is 12.1 Å². The molecule has 0 unspecified atom stereocenters. The molecule has 0 aliphatic carbocycles. The zero-order valence-electron chi connectivity index (χ0n) is 10.8. The molecule has 1 aliphatic rings. The maximum absolute atomic E-state index is 10.5. The number of aryl methyl sites for hydroxylation is 2. The van der Waals surface area contributed by atoms with Gasteiger partial charge in [-0.1, -0.05) is 13.3 Å². The van der Waals surface area contributed by atoms with Crippen molar-refractivity contribution in [3.63, 3.8) is 0 Å². The van der Waals surface area contributed by atoms with Crippen molar-refractivity contribution >= 4 is 5.97 Å². The van der Waals surface area contributed by atoms with Crippen molar-refractivity contribution in [1.82, 2.24) is 0 Å². The number of fused-ring (bicyclic) bond motifs is 1. The third-order valence-corrected chi connectivity index (χ3v) is 2.81. The van der Waals surface area contributed by atoms with Crippen LogP contribution in [0.15, 0.2) is 12.1 Å². The number of rotatable bonds is 5. The summed E-state index contributed by atoms with van der Waals surface area (Å²) in [6.45, 7) is 2.33. The van der Waals surface area contributed by atoms with Crippen LogP contribution >= 0.6 is 0 Å². The van der Waals surface area contributed by atoms with E-state index in [2.05, 4.69) is 6.92 Å².